The van der Waals surface area contributed by atoms with Crippen LogP contribution in [0.2, 0.25) is 5.02 Å². The fraction of sp³-hybridized carbons (Fsp3) is 0.368. The molecule has 3 rings (SSSR count). The predicted molar refractivity (Wildman–Crippen MR) is 101 cm³/mol. The Balaban J connectivity index is 1.74. The second-order valence-electron chi connectivity index (χ2n) is 6.16. The molecule has 0 aliphatic carbocycles. The Hall–Kier alpha value is -1.85. The molecule has 2 aromatic rings. The molecule has 0 radical (unpaired) electrons. The smallest absolute Gasteiger partial charge is 0.220 e. The van der Waals surface area contributed by atoms with Crippen LogP contribution in [0.4, 0.5) is 0 Å². The number of ketones is 1. The van der Waals surface area contributed by atoms with Gasteiger partial charge in [-0.25, -0.2) is 0 Å². The highest BCUT2D eigenvalue weighted by atomic mass is 35.5. The van der Waals surface area contributed by atoms with Gasteiger partial charge in [0, 0.05) is 23.3 Å². The number of hydrogen-bond donors (Lipinski definition) is 1. The van der Waals surface area contributed by atoms with E-state index in [0.29, 0.717) is 30.2 Å². The minimum absolute atomic E-state index is 0.0455. The molecular weight excluding hydrogens is 358 g/mol. The van der Waals surface area contributed by atoms with Crippen LogP contribution in [0, 0.1) is 0 Å². The van der Waals surface area contributed by atoms with E-state index in [0.717, 1.165) is 27.3 Å². The van der Waals surface area contributed by atoms with Crippen molar-refractivity contribution in [2.75, 3.05) is 6.54 Å². The number of rotatable bonds is 6. The van der Waals surface area contributed by atoms with Gasteiger partial charge in [-0.3, -0.25) is 9.59 Å². The number of hydrogen-bond acceptors (Lipinski definition) is 4. The first kappa shape index (κ1) is 18.0. The minimum Gasteiger partial charge on any atom is -0.486 e. The fourth-order valence-electron chi connectivity index (χ4n) is 2.87. The maximum Gasteiger partial charge on any atom is 0.220 e. The lowest BCUT2D eigenvalue weighted by atomic mass is 10.1. The molecule has 132 valence electrons. The molecule has 1 aromatic carbocycles. The van der Waals surface area contributed by atoms with Gasteiger partial charge in [0.1, 0.15) is 11.9 Å². The predicted octanol–water partition coefficient (Wildman–Crippen LogP) is 4.49. The van der Waals surface area contributed by atoms with Gasteiger partial charge < -0.3 is 10.1 Å². The lowest BCUT2D eigenvalue weighted by Crippen LogP contribution is -2.34. The fourth-order valence-corrected chi connectivity index (χ4v) is 4.04. The topological polar surface area (TPSA) is 55.4 Å². The van der Waals surface area contributed by atoms with Crippen LogP contribution in [0.5, 0.6) is 5.75 Å². The van der Waals surface area contributed by atoms with Crippen LogP contribution in [0.15, 0.2) is 24.3 Å². The van der Waals surface area contributed by atoms with Gasteiger partial charge in [0.25, 0.3) is 0 Å². The van der Waals surface area contributed by atoms with E-state index in [4.69, 9.17) is 16.3 Å². The Morgan fingerprint density at radius 3 is 2.84 bits per heavy atom. The highest BCUT2D eigenvalue weighted by Gasteiger charge is 2.26. The molecule has 1 atom stereocenters. The van der Waals surface area contributed by atoms with Crippen LogP contribution in [0.3, 0.4) is 0 Å². The molecule has 0 spiro atoms. The molecule has 0 unspecified atom stereocenters. The number of carbonyl (C=O) groups excluding carboxylic acids is 2. The Bertz CT molecular complexity index is 815. The van der Waals surface area contributed by atoms with E-state index in [9.17, 15) is 9.59 Å². The Kier molecular flexibility index (Phi) is 5.45. The Labute approximate surface area is 156 Å². The van der Waals surface area contributed by atoms with Gasteiger partial charge in [-0.2, -0.15) is 0 Å². The van der Waals surface area contributed by atoms with Crippen molar-refractivity contribution in [2.24, 2.45) is 0 Å². The molecule has 6 heteroatoms. The number of amides is 1. The molecule has 1 aliphatic rings. The summed E-state index contributed by atoms with van der Waals surface area (Å²) in [5, 5.41) is 3.46. The number of fused-ring (bicyclic) bond motifs is 1. The summed E-state index contributed by atoms with van der Waals surface area (Å²) in [6, 6.07) is 7.71. The molecule has 1 aromatic heterocycles. The Morgan fingerprint density at radius 2 is 2.16 bits per heavy atom. The summed E-state index contributed by atoms with van der Waals surface area (Å²) in [5.41, 5.74) is 2.02. The van der Waals surface area contributed by atoms with E-state index < -0.39 is 0 Å². The largest absolute Gasteiger partial charge is 0.486 e. The third-order valence-electron chi connectivity index (χ3n) is 4.09. The highest BCUT2D eigenvalue weighted by Crippen LogP contribution is 2.41. The molecular formula is C19H20ClNO3S. The van der Waals surface area contributed by atoms with Crippen molar-refractivity contribution >= 4 is 34.6 Å². The van der Waals surface area contributed by atoms with Crippen molar-refractivity contribution in [1.82, 2.24) is 5.32 Å². The van der Waals surface area contributed by atoms with Crippen LogP contribution in [-0.2, 0) is 11.2 Å². The van der Waals surface area contributed by atoms with E-state index in [1.807, 2.05) is 25.1 Å². The van der Waals surface area contributed by atoms with E-state index in [2.05, 4.69) is 11.4 Å². The van der Waals surface area contributed by atoms with Gasteiger partial charge >= 0.3 is 0 Å². The summed E-state index contributed by atoms with van der Waals surface area (Å²) < 4.78 is 5.90. The molecule has 1 aliphatic heterocycles. The molecule has 1 amide bonds. The summed E-state index contributed by atoms with van der Waals surface area (Å²) in [4.78, 5) is 24.9. The van der Waals surface area contributed by atoms with Gasteiger partial charge in [0.15, 0.2) is 5.78 Å². The van der Waals surface area contributed by atoms with Crippen LogP contribution in [0.1, 0.15) is 41.9 Å². The zero-order valence-corrected chi connectivity index (χ0v) is 15.8. The first-order chi connectivity index (χ1) is 12.0. The first-order valence-corrected chi connectivity index (χ1v) is 9.54. The van der Waals surface area contributed by atoms with Crippen LogP contribution in [-0.4, -0.2) is 24.3 Å². The van der Waals surface area contributed by atoms with E-state index >= 15 is 0 Å². The lowest BCUT2D eigenvalue weighted by molar-refractivity contribution is -0.121. The zero-order valence-electron chi connectivity index (χ0n) is 14.2. The van der Waals surface area contributed by atoms with Crippen molar-refractivity contribution in [2.45, 2.75) is 39.2 Å². The number of carbonyl (C=O) groups is 2. The normalized spacial score (nSPS) is 15.6. The second kappa shape index (κ2) is 7.58. The van der Waals surface area contributed by atoms with Crippen molar-refractivity contribution < 1.29 is 14.3 Å². The maximum atomic E-state index is 11.6. The van der Waals surface area contributed by atoms with Gasteiger partial charge in [-0.1, -0.05) is 18.5 Å². The Morgan fingerprint density at radius 1 is 1.36 bits per heavy atom. The van der Waals surface area contributed by atoms with Crippen molar-refractivity contribution in [3.8, 4) is 16.2 Å². The average Bonchev–Trinajstić information content (AvgIpc) is 3.20. The number of thiophene rings is 1. The molecule has 0 saturated heterocycles. The zero-order chi connectivity index (χ0) is 18.0. The van der Waals surface area contributed by atoms with Crippen LogP contribution < -0.4 is 10.1 Å². The SMILES string of the molecule is CCCC(=O)NC[C@@H]1Cc2cc(-c3ccc(C(C)=O)s3)cc(Cl)c2O1. The third-order valence-corrected chi connectivity index (χ3v) is 5.61. The summed E-state index contributed by atoms with van der Waals surface area (Å²) in [5.74, 6) is 0.808. The standard InChI is InChI=1S/C19H20ClNO3S/c1-3-4-18(23)21-10-14-8-13-7-12(9-15(20)19(13)24-14)17-6-5-16(25-17)11(2)22/h5-7,9,14H,3-4,8,10H2,1-2H3,(H,21,23)/t14-/m0/s1. The molecule has 0 bridgehead atoms. The summed E-state index contributed by atoms with van der Waals surface area (Å²) in [7, 11) is 0. The monoisotopic (exact) mass is 377 g/mol. The summed E-state index contributed by atoms with van der Waals surface area (Å²) >= 11 is 7.86. The molecule has 0 saturated carbocycles. The quantitative estimate of drug-likeness (QED) is 0.754. The maximum absolute atomic E-state index is 11.6. The van der Waals surface area contributed by atoms with Crippen LogP contribution >= 0.6 is 22.9 Å². The van der Waals surface area contributed by atoms with Gasteiger partial charge in [-0.05, 0) is 43.2 Å². The molecule has 1 N–H and O–H groups in total. The minimum atomic E-state index is -0.0975. The summed E-state index contributed by atoms with van der Waals surface area (Å²) in [6.45, 7) is 4.02. The average molecular weight is 378 g/mol. The third kappa shape index (κ3) is 4.05. The van der Waals surface area contributed by atoms with Gasteiger partial charge in [0.05, 0.1) is 16.4 Å². The highest BCUT2D eigenvalue weighted by molar-refractivity contribution is 7.17. The number of Topliss-reactive ketones (excluding diaryl/α,β-unsaturated/α-hetero) is 1. The number of ether oxygens (including phenoxy) is 1. The van der Waals surface area contributed by atoms with Gasteiger partial charge in [0.2, 0.25) is 5.91 Å². The molecule has 0 fully saturated rings. The number of halogens is 1. The number of benzene rings is 1. The molecule has 25 heavy (non-hydrogen) atoms. The second-order valence-corrected chi connectivity index (χ2v) is 7.66. The van der Waals surface area contributed by atoms with E-state index in [-0.39, 0.29) is 17.8 Å². The lowest BCUT2D eigenvalue weighted by Gasteiger charge is -2.12. The van der Waals surface area contributed by atoms with E-state index in [1.54, 1.807) is 6.92 Å². The number of nitrogens with one attached hydrogen (secondary N) is 1. The summed E-state index contributed by atoms with van der Waals surface area (Å²) in [6.07, 6.45) is 1.97. The molecule has 4 nitrogen and oxygen atoms in total. The van der Waals surface area contributed by atoms with Gasteiger partial charge in [-0.15, -0.1) is 11.3 Å². The first-order valence-electron chi connectivity index (χ1n) is 8.34. The van der Waals surface area contributed by atoms with Crippen molar-refractivity contribution in [3.05, 3.63) is 39.7 Å². The van der Waals surface area contributed by atoms with Crippen molar-refractivity contribution in [1.29, 1.82) is 0 Å². The molecule has 2 heterocycles. The van der Waals surface area contributed by atoms with E-state index in [1.165, 1.54) is 11.3 Å². The van der Waals surface area contributed by atoms with Crippen LogP contribution in [0.25, 0.3) is 10.4 Å². The van der Waals surface area contributed by atoms with Crippen molar-refractivity contribution in [3.63, 3.8) is 0 Å².